The Hall–Kier alpha value is -2.53. The molecule has 0 bridgehead atoms. The molecule has 0 N–H and O–H groups in total. The average Bonchev–Trinajstić information content (AvgIpc) is 3.28. The summed E-state index contributed by atoms with van der Waals surface area (Å²) in [5.41, 5.74) is 2.30. The SMILES string of the molecule is CCOc1ccc([C@H]2CCCN2C(=O)c2cn3cc(Cl)ccc3n2)cc1. The van der Waals surface area contributed by atoms with Crippen LogP contribution in [0.25, 0.3) is 5.65 Å². The van der Waals surface area contributed by atoms with Crippen LogP contribution in [0.3, 0.4) is 0 Å². The lowest BCUT2D eigenvalue weighted by atomic mass is 10.0. The molecule has 0 unspecified atom stereocenters. The molecule has 1 aliphatic rings. The van der Waals surface area contributed by atoms with Gasteiger partial charge in [0.05, 0.1) is 17.7 Å². The van der Waals surface area contributed by atoms with E-state index in [0.29, 0.717) is 17.3 Å². The van der Waals surface area contributed by atoms with Gasteiger partial charge in [-0.1, -0.05) is 23.7 Å². The molecule has 0 radical (unpaired) electrons. The van der Waals surface area contributed by atoms with E-state index < -0.39 is 0 Å². The Morgan fingerprint density at radius 1 is 1.23 bits per heavy atom. The van der Waals surface area contributed by atoms with Crippen molar-refractivity contribution in [2.75, 3.05) is 13.2 Å². The normalized spacial score (nSPS) is 17.0. The zero-order valence-electron chi connectivity index (χ0n) is 14.6. The maximum Gasteiger partial charge on any atom is 0.274 e. The summed E-state index contributed by atoms with van der Waals surface area (Å²) in [5.74, 6) is 0.811. The van der Waals surface area contributed by atoms with Crippen molar-refractivity contribution in [3.05, 3.63) is 65.1 Å². The maximum atomic E-state index is 13.0. The van der Waals surface area contributed by atoms with Gasteiger partial charge in [0.25, 0.3) is 5.91 Å². The molecule has 1 atom stereocenters. The Bertz CT molecular complexity index is 936. The van der Waals surface area contributed by atoms with E-state index in [0.717, 1.165) is 36.3 Å². The van der Waals surface area contributed by atoms with Crippen LogP contribution in [0.4, 0.5) is 0 Å². The third kappa shape index (κ3) is 3.15. The highest BCUT2D eigenvalue weighted by Gasteiger charge is 2.31. The molecular weight excluding hydrogens is 350 g/mol. The zero-order valence-corrected chi connectivity index (χ0v) is 15.3. The number of aromatic nitrogens is 2. The largest absolute Gasteiger partial charge is 0.494 e. The van der Waals surface area contributed by atoms with Crippen LogP contribution in [-0.4, -0.2) is 33.3 Å². The number of ether oxygens (including phenoxy) is 1. The molecule has 5 nitrogen and oxygen atoms in total. The maximum absolute atomic E-state index is 13.0. The number of halogens is 1. The highest BCUT2D eigenvalue weighted by Crippen LogP contribution is 2.33. The number of fused-ring (bicyclic) bond motifs is 1. The van der Waals surface area contributed by atoms with Gasteiger partial charge in [-0.15, -0.1) is 0 Å². The van der Waals surface area contributed by atoms with E-state index in [1.165, 1.54) is 0 Å². The predicted octanol–water partition coefficient (Wildman–Crippen LogP) is 4.36. The molecule has 6 heteroatoms. The first kappa shape index (κ1) is 16.9. The zero-order chi connectivity index (χ0) is 18.1. The molecule has 0 aliphatic carbocycles. The molecule has 3 heterocycles. The first-order valence-electron chi connectivity index (χ1n) is 8.83. The predicted molar refractivity (Wildman–Crippen MR) is 101 cm³/mol. The number of amides is 1. The Morgan fingerprint density at radius 2 is 2.04 bits per heavy atom. The van der Waals surface area contributed by atoms with Crippen LogP contribution in [0, 0.1) is 0 Å². The summed E-state index contributed by atoms with van der Waals surface area (Å²) in [5, 5.41) is 0.613. The van der Waals surface area contributed by atoms with E-state index in [1.807, 2.05) is 42.2 Å². The van der Waals surface area contributed by atoms with Gasteiger partial charge >= 0.3 is 0 Å². The first-order chi connectivity index (χ1) is 12.7. The van der Waals surface area contributed by atoms with Gasteiger partial charge in [0.1, 0.15) is 17.1 Å². The van der Waals surface area contributed by atoms with Crippen molar-refractivity contribution in [2.45, 2.75) is 25.8 Å². The standard InChI is InChI=1S/C20H20ClN3O2/c1-2-26-16-8-5-14(6-9-16)18-4-3-11-24(18)20(25)17-13-23-12-15(21)7-10-19(23)22-17/h5-10,12-13,18H,2-4,11H2,1H3/t18-/m1/s1. The first-order valence-corrected chi connectivity index (χ1v) is 9.21. The van der Waals surface area contributed by atoms with E-state index in [2.05, 4.69) is 4.98 Å². The summed E-state index contributed by atoms with van der Waals surface area (Å²) in [7, 11) is 0. The van der Waals surface area contributed by atoms with Gasteiger partial charge in [-0.3, -0.25) is 4.79 Å². The number of hydrogen-bond acceptors (Lipinski definition) is 3. The summed E-state index contributed by atoms with van der Waals surface area (Å²) in [6.07, 6.45) is 5.45. The third-order valence-electron chi connectivity index (χ3n) is 4.72. The van der Waals surface area contributed by atoms with Crippen LogP contribution in [0.1, 0.15) is 41.9 Å². The van der Waals surface area contributed by atoms with E-state index >= 15 is 0 Å². The number of nitrogens with zero attached hydrogens (tertiary/aromatic N) is 3. The fraction of sp³-hybridized carbons (Fsp3) is 0.300. The number of benzene rings is 1. The van der Waals surface area contributed by atoms with E-state index in [1.54, 1.807) is 22.9 Å². The molecule has 2 aromatic heterocycles. The average molecular weight is 370 g/mol. The Morgan fingerprint density at radius 3 is 2.81 bits per heavy atom. The van der Waals surface area contributed by atoms with Crippen molar-refractivity contribution in [3.8, 4) is 5.75 Å². The number of pyridine rings is 1. The number of likely N-dealkylation sites (tertiary alicyclic amines) is 1. The van der Waals surface area contributed by atoms with Crippen LogP contribution in [-0.2, 0) is 0 Å². The summed E-state index contributed by atoms with van der Waals surface area (Å²) in [4.78, 5) is 19.4. The Kier molecular flexibility index (Phi) is 4.55. The molecule has 26 heavy (non-hydrogen) atoms. The van der Waals surface area contributed by atoms with Gasteiger partial charge in [-0.05, 0) is 49.6 Å². The molecule has 1 aromatic carbocycles. The fourth-order valence-electron chi connectivity index (χ4n) is 3.52. The number of imidazole rings is 1. The minimum atomic E-state index is -0.0405. The highest BCUT2D eigenvalue weighted by atomic mass is 35.5. The van der Waals surface area contributed by atoms with E-state index in [9.17, 15) is 4.79 Å². The van der Waals surface area contributed by atoms with Crippen molar-refractivity contribution in [1.29, 1.82) is 0 Å². The van der Waals surface area contributed by atoms with E-state index in [-0.39, 0.29) is 11.9 Å². The smallest absolute Gasteiger partial charge is 0.274 e. The number of carbonyl (C=O) groups excluding carboxylic acids is 1. The van der Waals surface area contributed by atoms with Crippen molar-refractivity contribution in [3.63, 3.8) is 0 Å². The Labute approximate surface area is 157 Å². The molecule has 0 spiro atoms. The van der Waals surface area contributed by atoms with Crippen molar-refractivity contribution < 1.29 is 9.53 Å². The molecule has 3 aromatic rings. The quantitative estimate of drug-likeness (QED) is 0.686. The fourth-order valence-corrected chi connectivity index (χ4v) is 3.69. The topological polar surface area (TPSA) is 46.8 Å². The van der Waals surface area contributed by atoms with Crippen LogP contribution < -0.4 is 4.74 Å². The molecule has 0 saturated carbocycles. The van der Waals surface area contributed by atoms with Crippen LogP contribution >= 0.6 is 11.6 Å². The van der Waals surface area contributed by atoms with Crippen molar-refractivity contribution in [2.24, 2.45) is 0 Å². The molecule has 1 fully saturated rings. The van der Waals surface area contributed by atoms with Crippen molar-refractivity contribution >= 4 is 23.2 Å². The van der Waals surface area contributed by atoms with Gasteiger partial charge in [0.2, 0.25) is 0 Å². The molecule has 1 aliphatic heterocycles. The van der Waals surface area contributed by atoms with E-state index in [4.69, 9.17) is 16.3 Å². The van der Waals surface area contributed by atoms with Gasteiger partial charge in [-0.2, -0.15) is 0 Å². The van der Waals surface area contributed by atoms with Gasteiger partial charge in [0.15, 0.2) is 0 Å². The monoisotopic (exact) mass is 369 g/mol. The minimum Gasteiger partial charge on any atom is -0.494 e. The highest BCUT2D eigenvalue weighted by molar-refractivity contribution is 6.30. The van der Waals surface area contributed by atoms with Crippen LogP contribution in [0.2, 0.25) is 5.02 Å². The molecule has 134 valence electrons. The minimum absolute atomic E-state index is 0.0405. The van der Waals surface area contributed by atoms with Gasteiger partial charge in [0, 0.05) is 18.9 Å². The molecular formula is C20H20ClN3O2. The summed E-state index contributed by atoms with van der Waals surface area (Å²) >= 11 is 6.02. The lowest BCUT2D eigenvalue weighted by molar-refractivity contribution is 0.0730. The third-order valence-corrected chi connectivity index (χ3v) is 4.95. The van der Waals surface area contributed by atoms with Crippen LogP contribution in [0.15, 0.2) is 48.8 Å². The lowest BCUT2D eigenvalue weighted by Crippen LogP contribution is -2.30. The Balaban J connectivity index is 1.59. The number of hydrogen-bond donors (Lipinski definition) is 0. The lowest BCUT2D eigenvalue weighted by Gasteiger charge is -2.24. The van der Waals surface area contributed by atoms with Crippen molar-refractivity contribution in [1.82, 2.24) is 14.3 Å². The molecule has 1 saturated heterocycles. The summed E-state index contributed by atoms with van der Waals surface area (Å²) < 4.78 is 7.30. The second-order valence-corrected chi connectivity index (χ2v) is 6.83. The molecule has 4 rings (SSSR count). The summed E-state index contributed by atoms with van der Waals surface area (Å²) in [6.45, 7) is 3.35. The second kappa shape index (κ2) is 7.00. The van der Waals surface area contributed by atoms with Crippen LogP contribution in [0.5, 0.6) is 5.75 Å². The number of carbonyl (C=O) groups is 1. The van der Waals surface area contributed by atoms with Gasteiger partial charge < -0.3 is 14.0 Å². The van der Waals surface area contributed by atoms with Gasteiger partial charge in [-0.25, -0.2) is 4.98 Å². The molecule has 1 amide bonds. The summed E-state index contributed by atoms with van der Waals surface area (Å²) in [6, 6.07) is 11.7. The second-order valence-electron chi connectivity index (χ2n) is 6.40. The number of rotatable bonds is 4.